The van der Waals surface area contributed by atoms with Crippen LogP contribution in [0.15, 0.2) is 42.5 Å². The van der Waals surface area contributed by atoms with E-state index in [1.807, 2.05) is 24.3 Å². The smallest absolute Gasteiger partial charge is 0.319 e. The van der Waals surface area contributed by atoms with E-state index in [4.69, 9.17) is 4.74 Å². The molecule has 0 saturated carbocycles. The minimum atomic E-state index is -0.811. The van der Waals surface area contributed by atoms with Crippen LogP contribution in [0.3, 0.4) is 0 Å². The summed E-state index contributed by atoms with van der Waals surface area (Å²) in [6.45, 7) is 2.28. The molecule has 1 fully saturated rings. The number of hydrogen-bond donors (Lipinski definition) is 2. The minimum absolute atomic E-state index is 0.00795. The zero-order valence-corrected chi connectivity index (χ0v) is 15.2. The Morgan fingerprint density at radius 3 is 2.67 bits per heavy atom. The van der Waals surface area contributed by atoms with Gasteiger partial charge in [0.25, 0.3) is 0 Å². The van der Waals surface area contributed by atoms with Crippen LogP contribution in [0.5, 0.6) is 5.75 Å². The number of rotatable bonds is 6. The largest absolute Gasteiger partial charge is 0.497 e. The van der Waals surface area contributed by atoms with Crippen molar-refractivity contribution in [2.75, 3.05) is 32.1 Å². The summed E-state index contributed by atoms with van der Waals surface area (Å²) in [4.78, 5) is 14.5. The lowest BCUT2D eigenvalue weighted by Crippen LogP contribution is -2.38. The molecule has 0 bridgehead atoms. The van der Waals surface area contributed by atoms with Gasteiger partial charge in [0.2, 0.25) is 0 Å². The van der Waals surface area contributed by atoms with Gasteiger partial charge in [-0.2, -0.15) is 0 Å². The first-order chi connectivity index (χ1) is 13.1. The Morgan fingerprint density at radius 1 is 1.19 bits per heavy atom. The number of halogens is 2. The van der Waals surface area contributed by atoms with Gasteiger partial charge in [0.1, 0.15) is 17.4 Å². The molecule has 27 heavy (non-hydrogen) atoms. The SMILES string of the molecule is COc1cccc([C@H](CNC(=O)Nc2ccc(F)cc2F)N2CCCC2)c1. The maximum Gasteiger partial charge on any atom is 0.319 e. The summed E-state index contributed by atoms with van der Waals surface area (Å²) in [6.07, 6.45) is 2.24. The second-order valence-electron chi connectivity index (χ2n) is 6.49. The first-order valence-electron chi connectivity index (χ1n) is 8.94. The molecule has 3 rings (SSSR count). The minimum Gasteiger partial charge on any atom is -0.497 e. The van der Waals surface area contributed by atoms with Crippen LogP contribution in [0.1, 0.15) is 24.4 Å². The van der Waals surface area contributed by atoms with Crippen molar-refractivity contribution in [3.8, 4) is 5.75 Å². The maximum atomic E-state index is 13.7. The van der Waals surface area contributed by atoms with Gasteiger partial charge in [-0.15, -0.1) is 0 Å². The molecule has 5 nitrogen and oxygen atoms in total. The molecule has 0 aromatic heterocycles. The summed E-state index contributed by atoms with van der Waals surface area (Å²) in [5.74, 6) is -0.742. The summed E-state index contributed by atoms with van der Waals surface area (Å²) >= 11 is 0. The van der Waals surface area contributed by atoms with Crippen molar-refractivity contribution in [2.24, 2.45) is 0 Å². The number of amides is 2. The zero-order chi connectivity index (χ0) is 19.2. The van der Waals surface area contributed by atoms with Crippen LogP contribution >= 0.6 is 0 Å². The number of ether oxygens (including phenoxy) is 1. The molecular weight excluding hydrogens is 352 g/mol. The molecule has 0 spiro atoms. The van der Waals surface area contributed by atoms with Crippen molar-refractivity contribution in [3.05, 3.63) is 59.7 Å². The van der Waals surface area contributed by atoms with Gasteiger partial charge < -0.3 is 15.4 Å². The first kappa shape index (κ1) is 19.1. The Bertz CT molecular complexity index is 795. The van der Waals surface area contributed by atoms with Crippen molar-refractivity contribution in [1.82, 2.24) is 10.2 Å². The topological polar surface area (TPSA) is 53.6 Å². The van der Waals surface area contributed by atoms with E-state index in [2.05, 4.69) is 15.5 Å². The fraction of sp³-hybridized carbons (Fsp3) is 0.350. The molecule has 0 unspecified atom stereocenters. The number of nitrogens with one attached hydrogen (secondary N) is 2. The highest BCUT2D eigenvalue weighted by atomic mass is 19.1. The molecule has 1 saturated heterocycles. The molecule has 1 heterocycles. The average Bonchev–Trinajstić information content (AvgIpc) is 3.19. The van der Waals surface area contributed by atoms with Gasteiger partial charge in [0.05, 0.1) is 18.8 Å². The second kappa shape index (κ2) is 8.81. The lowest BCUT2D eigenvalue weighted by Gasteiger charge is -2.28. The third-order valence-electron chi connectivity index (χ3n) is 4.70. The predicted molar refractivity (Wildman–Crippen MR) is 99.9 cm³/mol. The normalized spacial score (nSPS) is 15.4. The fourth-order valence-electron chi connectivity index (χ4n) is 3.31. The standard InChI is InChI=1S/C20H23F2N3O2/c1-27-16-6-4-5-14(11-16)19(25-9-2-3-10-25)13-23-20(26)24-18-8-7-15(21)12-17(18)22/h4-8,11-12,19H,2-3,9-10,13H2,1H3,(H2,23,24,26)/t19-/m0/s1. The molecule has 2 aromatic carbocycles. The average molecular weight is 375 g/mol. The van der Waals surface area contributed by atoms with E-state index < -0.39 is 17.7 Å². The summed E-state index contributed by atoms with van der Waals surface area (Å²) in [6, 6.07) is 10.3. The third-order valence-corrected chi connectivity index (χ3v) is 4.70. The Morgan fingerprint density at radius 2 is 1.96 bits per heavy atom. The van der Waals surface area contributed by atoms with E-state index in [9.17, 15) is 13.6 Å². The molecule has 0 radical (unpaired) electrons. The molecule has 1 atom stereocenters. The number of methoxy groups -OCH3 is 1. The number of hydrogen-bond acceptors (Lipinski definition) is 3. The molecule has 7 heteroatoms. The number of urea groups is 1. The quantitative estimate of drug-likeness (QED) is 0.804. The molecule has 0 aliphatic carbocycles. The molecule has 2 aromatic rings. The Labute approximate surface area is 157 Å². The molecule has 1 aliphatic heterocycles. The van der Waals surface area contributed by atoms with Gasteiger partial charge in [-0.05, 0) is 55.8 Å². The van der Waals surface area contributed by atoms with Crippen molar-refractivity contribution < 1.29 is 18.3 Å². The van der Waals surface area contributed by atoms with Crippen LogP contribution in [-0.2, 0) is 0 Å². The van der Waals surface area contributed by atoms with Crippen LogP contribution in [0.2, 0.25) is 0 Å². The second-order valence-corrected chi connectivity index (χ2v) is 6.49. The number of carbonyl (C=O) groups excluding carboxylic acids is 1. The van der Waals surface area contributed by atoms with E-state index in [-0.39, 0.29) is 11.7 Å². The number of benzene rings is 2. The van der Waals surface area contributed by atoms with Crippen LogP contribution in [0.4, 0.5) is 19.3 Å². The maximum absolute atomic E-state index is 13.7. The number of likely N-dealkylation sites (tertiary alicyclic amines) is 1. The summed E-state index contributed by atoms with van der Waals surface area (Å²) < 4.78 is 32.0. The van der Waals surface area contributed by atoms with Gasteiger partial charge in [0.15, 0.2) is 0 Å². The van der Waals surface area contributed by atoms with Crippen LogP contribution in [0, 0.1) is 11.6 Å². The van der Waals surface area contributed by atoms with E-state index in [0.717, 1.165) is 49.4 Å². The van der Waals surface area contributed by atoms with E-state index in [0.29, 0.717) is 6.54 Å². The van der Waals surface area contributed by atoms with E-state index >= 15 is 0 Å². The van der Waals surface area contributed by atoms with Crippen molar-refractivity contribution in [1.29, 1.82) is 0 Å². The van der Waals surface area contributed by atoms with Gasteiger partial charge in [-0.1, -0.05) is 12.1 Å². The Kier molecular flexibility index (Phi) is 6.24. The fourth-order valence-corrected chi connectivity index (χ4v) is 3.31. The van der Waals surface area contributed by atoms with Crippen molar-refractivity contribution in [3.63, 3.8) is 0 Å². The van der Waals surface area contributed by atoms with Gasteiger partial charge in [-0.3, -0.25) is 4.90 Å². The van der Waals surface area contributed by atoms with E-state index in [1.165, 1.54) is 6.07 Å². The van der Waals surface area contributed by atoms with Crippen molar-refractivity contribution >= 4 is 11.7 Å². The highest BCUT2D eigenvalue weighted by Gasteiger charge is 2.24. The van der Waals surface area contributed by atoms with Crippen LogP contribution in [-0.4, -0.2) is 37.7 Å². The Balaban J connectivity index is 1.67. The predicted octanol–water partition coefficient (Wildman–Crippen LogP) is 3.93. The number of nitrogens with zero attached hydrogens (tertiary/aromatic N) is 1. The van der Waals surface area contributed by atoms with Gasteiger partial charge in [-0.25, -0.2) is 13.6 Å². The van der Waals surface area contributed by atoms with Crippen molar-refractivity contribution in [2.45, 2.75) is 18.9 Å². The monoisotopic (exact) mass is 375 g/mol. The zero-order valence-electron chi connectivity index (χ0n) is 15.2. The third kappa shape index (κ3) is 4.95. The van der Waals surface area contributed by atoms with Crippen LogP contribution in [0.25, 0.3) is 0 Å². The number of carbonyl (C=O) groups is 1. The Hall–Kier alpha value is -2.67. The lowest BCUT2D eigenvalue weighted by atomic mass is 10.1. The number of anilines is 1. The lowest BCUT2D eigenvalue weighted by molar-refractivity contribution is 0.227. The molecule has 2 N–H and O–H groups in total. The molecule has 2 amide bonds. The van der Waals surface area contributed by atoms with E-state index in [1.54, 1.807) is 7.11 Å². The summed E-state index contributed by atoms with van der Waals surface area (Å²) in [5, 5.41) is 5.22. The van der Waals surface area contributed by atoms with Crippen LogP contribution < -0.4 is 15.4 Å². The summed E-state index contributed by atoms with van der Waals surface area (Å²) in [7, 11) is 1.62. The molecular formula is C20H23F2N3O2. The highest BCUT2D eigenvalue weighted by molar-refractivity contribution is 5.89. The molecule has 144 valence electrons. The highest BCUT2D eigenvalue weighted by Crippen LogP contribution is 2.27. The molecule has 1 aliphatic rings. The van der Waals surface area contributed by atoms with Gasteiger partial charge >= 0.3 is 6.03 Å². The van der Waals surface area contributed by atoms with Gasteiger partial charge in [0, 0.05) is 12.6 Å². The summed E-state index contributed by atoms with van der Waals surface area (Å²) in [5.41, 5.74) is 0.984. The first-order valence-corrected chi connectivity index (χ1v) is 8.94.